The largest absolute Gasteiger partial charge is 0.490 e. The van der Waals surface area contributed by atoms with Crippen molar-refractivity contribution in [2.75, 3.05) is 19.0 Å². The molecule has 20 heavy (non-hydrogen) atoms. The number of pyridine rings is 1. The van der Waals surface area contributed by atoms with E-state index >= 15 is 0 Å². The predicted octanol–water partition coefficient (Wildman–Crippen LogP) is 2.65. The van der Waals surface area contributed by atoms with Crippen molar-refractivity contribution in [1.82, 2.24) is 4.98 Å². The van der Waals surface area contributed by atoms with Gasteiger partial charge < -0.3 is 10.1 Å². The molecule has 6 nitrogen and oxygen atoms in total. The maximum absolute atomic E-state index is 11.1. The van der Waals surface area contributed by atoms with Crippen LogP contribution < -0.4 is 10.1 Å². The van der Waals surface area contributed by atoms with Crippen molar-refractivity contribution < 1.29 is 9.66 Å². The Morgan fingerprint density at radius 2 is 2.05 bits per heavy atom. The number of methoxy groups -OCH3 is 1. The Morgan fingerprint density at radius 1 is 1.30 bits per heavy atom. The van der Waals surface area contributed by atoms with Gasteiger partial charge in [-0.3, -0.25) is 15.1 Å². The summed E-state index contributed by atoms with van der Waals surface area (Å²) in [5.41, 5.74) is 1.55. The number of para-hydroxylation sites is 1. The van der Waals surface area contributed by atoms with Gasteiger partial charge in [0.05, 0.1) is 12.0 Å². The van der Waals surface area contributed by atoms with E-state index in [0.29, 0.717) is 12.2 Å². The molecule has 1 aromatic heterocycles. The number of aromatic nitrogens is 1. The second-order valence-electron chi connectivity index (χ2n) is 4.15. The molecule has 0 radical (unpaired) electrons. The number of nitrogens with zero attached hydrogens (tertiary/aromatic N) is 2. The van der Waals surface area contributed by atoms with Crippen LogP contribution in [0.3, 0.4) is 0 Å². The maximum Gasteiger partial charge on any atom is 0.333 e. The number of nitro benzene ring substituents is 1. The van der Waals surface area contributed by atoms with Crippen LogP contribution in [0.25, 0.3) is 0 Å². The van der Waals surface area contributed by atoms with Crippen LogP contribution in [0.2, 0.25) is 0 Å². The number of anilines is 1. The van der Waals surface area contributed by atoms with E-state index in [1.807, 2.05) is 12.1 Å². The molecule has 1 N–H and O–H groups in total. The Morgan fingerprint density at radius 3 is 2.70 bits per heavy atom. The summed E-state index contributed by atoms with van der Waals surface area (Å²) in [5, 5.41) is 14.2. The lowest BCUT2D eigenvalue weighted by molar-refractivity contribution is -0.384. The zero-order valence-electron chi connectivity index (χ0n) is 11.1. The second kappa shape index (κ2) is 6.51. The first-order valence-corrected chi connectivity index (χ1v) is 6.16. The molecule has 0 amide bonds. The Balaban J connectivity index is 2.08. The quantitative estimate of drug-likeness (QED) is 0.646. The number of nitrogens with one attached hydrogen (secondary N) is 1. The molecule has 0 saturated heterocycles. The van der Waals surface area contributed by atoms with Gasteiger partial charge in [-0.15, -0.1) is 0 Å². The third kappa shape index (κ3) is 3.23. The first-order valence-electron chi connectivity index (χ1n) is 6.16. The predicted molar refractivity (Wildman–Crippen MR) is 76.1 cm³/mol. The SMILES string of the molecule is COc1cccc(NCCc2ccncc2)c1[N+](=O)[O-]. The summed E-state index contributed by atoms with van der Waals surface area (Å²) >= 11 is 0. The minimum atomic E-state index is -0.437. The van der Waals surface area contributed by atoms with Crippen LogP contribution >= 0.6 is 0 Å². The van der Waals surface area contributed by atoms with Gasteiger partial charge in [0.15, 0.2) is 5.75 Å². The van der Waals surface area contributed by atoms with Gasteiger partial charge in [0.2, 0.25) is 0 Å². The number of hydrogen-bond donors (Lipinski definition) is 1. The van der Waals surface area contributed by atoms with Crippen molar-refractivity contribution in [3.63, 3.8) is 0 Å². The van der Waals surface area contributed by atoms with Gasteiger partial charge in [0, 0.05) is 18.9 Å². The standard InChI is InChI=1S/C14H15N3O3/c1-20-13-4-2-3-12(14(13)17(18)19)16-10-7-11-5-8-15-9-6-11/h2-6,8-9,16H,7,10H2,1H3. The van der Waals surface area contributed by atoms with E-state index in [4.69, 9.17) is 4.74 Å². The average Bonchev–Trinajstić information content (AvgIpc) is 2.47. The van der Waals surface area contributed by atoms with E-state index in [2.05, 4.69) is 10.3 Å². The molecule has 1 aromatic carbocycles. The summed E-state index contributed by atoms with van der Waals surface area (Å²) in [6, 6.07) is 8.81. The third-order valence-electron chi connectivity index (χ3n) is 2.88. The van der Waals surface area contributed by atoms with E-state index in [-0.39, 0.29) is 11.4 Å². The van der Waals surface area contributed by atoms with Gasteiger partial charge in [-0.1, -0.05) is 6.07 Å². The van der Waals surface area contributed by atoms with Gasteiger partial charge in [-0.25, -0.2) is 0 Å². The fourth-order valence-corrected chi connectivity index (χ4v) is 1.91. The average molecular weight is 273 g/mol. The van der Waals surface area contributed by atoms with Gasteiger partial charge in [0.1, 0.15) is 5.69 Å². The normalized spacial score (nSPS) is 10.1. The fraction of sp³-hybridized carbons (Fsp3) is 0.214. The molecule has 104 valence electrons. The van der Waals surface area contributed by atoms with Gasteiger partial charge in [0.25, 0.3) is 0 Å². The van der Waals surface area contributed by atoms with Crippen molar-refractivity contribution in [3.8, 4) is 5.75 Å². The lowest BCUT2D eigenvalue weighted by Gasteiger charge is -2.09. The van der Waals surface area contributed by atoms with Crippen molar-refractivity contribution in [2.45, 2.75) is 6.42 Å². The lowest BCUT2D eigenvalue weighted by Crippen LogP contribution is -2.07. The van der Waals surface area contributed by atoms with Gasteiger partial charge >= 0.3 is 5.69 Å². The first-order chi connectivity index (χ1) is 9.72. The maximum atomic E-state index is 11.1. The molecule has 0 unspecified atom stereocenters. The van der Waals surface area contributed by atoms with Crippen LogP contribution in [-0.2, 0) is 6.42 Å². The van der Waals surface area contributed by atoms with Gasteiger partial charge in [-0.05, 0) is 36.2 Å². The molecule has 0 aliphatic rings. The summed E-state index contributed by atoms with van der Waals surface area (Å²) in [6.45, 7) is 0.595. The first kappa shape index (κ1) is 13.8. The van der Waals surface area contributed by atoms with E-state index < -0.39 is 4.92 Å². The minimum absolute atomic E-state index is 0.0373. The molecule has 0 spiro atoms. The van der Waals surface area contributed by atoms with Crippen molar-refractivity contribution >= 4 is 11.4 Å². The smallest absolute Gasteiger partial charge is 0.333 e. The minimum Gasteiger partial charge on any atom is -0.490 e. The monoisotopic (exact) mass is 273 g/mol. The molecule has 2 rings (SSSR count). The van der Waals surface area contributed by atoms with Crippen LogP contribution in [-0.4, -0.2) is 23.6 Å². The molecule has 0 atom stereocenters. The molecular formula is C14H15N3O3. The Kier molecular flexibility index (Phi) is 4.49. The molecular weight excluding hydrogens is 258 g/mol. The van der Waals surface area contributed by atoms with Crippen LogP contribution in [0.4, 0.5) is 11.4 Å². The Hall–Kier alpha value is -2.63. The highest BCUT2D eigenvalue weighted by Crippen LogP contribution is 2.34. The lowest BCUT2D eigenvalue weighted by atomic mass is 10.2. The second-order valence-corrected chi connectivity index (χ2v) is 4.15. The Labute approximate surface area is 116 Å². The summed E-state index contributed by atoms with van der Waals surface area (Å²) in [4.78, 5) is 14.6. The topological polar surface area (TPSA) is 77.3 Å². The van der Waals surface area contributed by atoms with E-state index in [0.717, 1.165) is 12.0 Å². The highest BCUT2D eigenvalue weighted by Gasteiger charge is 2.19. The number of hydrogen-bond acceptors (Lipinski definition) is 5. The number of ether oxygens (including phenoxy) is 1. The number of benzene rings is 1. The summed E-state index contributed by atoms with van der Waals surface area (Å²) in [6.07, 6.45) is 4.21. The summed E-state index contributed by atoms with van der Waals surface area (Å²) in [5.74, 6) is 0.254. The highest BCUT2D eigenvalue weighted by atomic mass is 16.6. The molecule has 1 heterocycles. The molecule has 6 heteroatoms. The molecule has 0 aliphatic heterocycles. The van der Waals surface area contributed by atoms with Crippen LogP contribution in [0.1, 0.15) is 5.56 Å². The highest BCUT2D eigenvalue weighted by molar-refractivity contribution is 5.68. The molecule has 2 aromatic rings. The van der Waals surface area contributed by atoms with Gasteiger partial charge in [-0.2, -0.15) is 0 Å². The zero-order valence-corrected chi connectivity index (χ0v) is 11.1. The van der Waals surface area contributed by atoms with Crippen LogP contribution in [0.5, 0.6) is 5.75 Å². The number of nitro groups is 1. The van der Waals surface area contributed by atoms with E-state index in [1.54, 1.807) is 30.6 Å². The van der Waals surface area contributed by atoms with Crippen LogP contribution in [0, 0.1) is 10.1 Å². The molecule has 0 aliphatic carbocycles. The molecule has 0 bridgehead atoms. The Bertz CT molecular complexity index is 587. The van der Waals surface area contributed by atoms with E-state index in [1.165, 1.54) is 7.11 Å². The van der Waals surface area contributed by atoms with Crippen molar-refractivity contribution in [3.05, 3.63) is 58.4 Å². The number of rotatable bonds is 6. The van der Waals surface area contributed by atoms with Crippen molar-refractivity contribution in [1.29, 1.82) is 0 Å². The molecule has 0 fully saturated rings. The molecule has 0 saturated carbocycles. The van der Waals surface area contributed by atoms with Crippen molar-refractivity contribution in [2.24, 2.45) is 0 Å². The fourth-order valence-electron chi connectivity index (χ4n) is 1.91. The summed E-state index contributed by atoms with van der Waals surface area (Å²) in [7, 11) is 1.42. The summed E-state index contributed by atoms with van der Waals surface area (Å²) < 4.78 is 5.02. The zero-order chi connectivity index (χ0) is 14.4. The third-order valence-corrected chi connectivity index (χ3v) is 2.88. The van der Waals surface area contributed by atoms with E-state index in [9.17, 15) is 10.1 Å². The van der Waals surface area contributed by atoms with Crippen LogP contribution in [0.15, 0.2) is 42.7 Å².